The highest BCUT2D eigenvalue weighted by molar-refractivity contribution is 7.09. The zero-order valence-electron chi connectivity index (χ0n) is 8.94. The molecule has 0 radical (unpaired) electrons. The predicted octanol–water partition coefficient (Wildman–Crippen LogP) is 3.05. The fourth-order valence-electron chi connectivity index (χ4n) is 1.30. The maximum absolute atomic E-state index is 12.2. The van der Waals surface area contributed by atoms with E-state index < -0.39 is 6.36 Å². The summed E-state index contributed by atoms with van der Waals surface area (Å²) in [7, 11) is 0. The molecule has 0 unspecified atom stereocenters. The van der Waals surface area contributed by atoms with E-state index in [9.17, 15) is 13.2 Å². The largest absolute Gasteiger partial charge is 0.573 e. The Kier molecular flexibility index (Phi) is 3.66. The molecule has 4 nitrogen and oxygen atoms in total. The molecule has 96 valence electrons. The number of para-hydroxylation sites is 1. The average molecular weight is 275 g/mol. The number of alkyl halides is 3. The van der Waals surface area contributed by atoms with Gasteiger partial charge in [-0.25, -0.2) is 0 Å². The Morgan fingerprint density at radius 3 is 2.72 bits per heavy atom. The normalized spacial score (nSPS) is 11.3. The molecule has 0 aliphatic heterocycles. The number of aromatic nitrogens is 2. The van der Waals surface area contributed by atoms with Crippen LogP contribution < -0.4 is 10.1 Å². The van der Waals surface area contributed by atoms with Gasteiger partial charge in [-0.05, 0) is 6.07 Å². The molecule has 0 saturated heterocycles. The van der Waals surface area contributed by atoms with E-state index in [0.29, 0.717) is 10.6 Å². The fraction of sp³-hybridized carbons (Fsp3) is 0.200. The maximum atomic E-state index is 12.2. The van der Waals surface area contributed by atoms with E-state index in [1.54, 1.807) is 12.1 Å². The highest BCUT2D eigenvalue weighted by Crippen LogP contribution is 2.26. The van der Waals surface area contributed by atoms with Crippen molar-refractivity contribution in [1.82, 2.24) is 9.59 Å². The molecular weight excluding hydrogens is 267 g/mol. The molecule has 0 atom stereocenters. The van der Waals surface area contributed by atoms with Crippen molar-refractivity contribution in [3.8, 4) is 5.75 Å². The summed E-state index contributed by atoms with van der Waals surface area (Å²) in [5, 5.41) is 7.20. The van der Waals surface area contributed by atoms with Crippen LogP contribution in [0.5, 0.6) is 5.75 Å². The van der Waals surface area contributed by atoms with Crippen LogP contribution in [0.4, 0.5) is 18.2 Å². The Morgan fingerprint density at radius 1 is 1.28 bits per heavy atom. The van der Waals surface area contributed by atoms with Gasteiger partial charge in [0.2, 0.25) is 0 Å². The van der Waals surface area contributed by atoms with Crippen molar-refractivity contribution < 1.29 is 17.9 Å². The topological polar surface area (TPSA) is 47.0 Å². The first-order chi connectivity index (χ1) is 8.54. The van der Waals surface area contributed by atoms with Gasteiger partial charge >= 0.3 is 6.36 Å². The summed E-state index contributed by atoms with van der Waals surface area (Å²) in [6.45, 7) is 0.204. The van der Waals surface area contributed by atoms with E-state index >= 15 is 0 Å². The van der Waals surface area contributed by atoms with E-state index in [4.69, 9.17) is 0 Å². The zero-order chi connectivity index (χ0) is 13.0. The minimum absolute atomic E-state index is 0.204. The van der Waals surface area contributed by atoms with E-state index in [-0.39, 0.29) is 12.3 Å². The van der Waals surface area contributed by atoms with Gasteiger partial charge < -0.3 is 10.1 Å². The Bertz CT molecular complexity index is 501. The van der Waals surface area contributed by atoms with Crippen LogP contribution in [0, 0.1) is 0 Å². The Labute approximate surface area is 105 Å². The quantitative estimate of drug-likeness (QED) is 0.931. The van der Waals surface area contributed by atoms with Gasteiger partial charge in [0.25, 0.3) is 0 Å². The average Bonchev–Trinajstić information content (AvgIpc) is 2.79. The number of nitrogens with one attached hydrogen (secondary N) is 1. The molecule has 0 aliphatic carbocycles. The molecule has 0 aliphatic rings. The van der Waals surface area contributed by atoms with Crippen LogP contribution in [-0.2, 0) is 6.54 Å². The molecule has 0 bridgehead atoms. The smallest absolute Gasteiger partial charge is 0.405 e. The van der Waals surface area contributed by atoms with E-state index in [0.717, 1.165) is 11.5 Å². The summed E-state index contributed by atoms with van der Waals surface area (Å²) in [6, 6.07) is 5.96. The SMILES string of the molecule is FC(F)(F)Oc1ccccc1CNc1cnns1. The standard InChI is InChI=1S/C10H8F3N3OS/c11-10(12,13)17-8-4-2-1-3-7(8)5-14-9-6-15-16-18-9/h1-4,6,14H,5H2. The van der Waals surface area contributed by atoms with Gasteiger partial charge in [-0.2, -0.15) is 0 Å². The highest BCUT2D eigenvalue weighted by atomic mass is 32.1. The molecule has 2 rings (SSSR count). The van der Waals surface area contributed by atoms with Crippen LogP contribution in [0.15, 0.2) is 30.5 Å². The molecule has 18 heavy (non-hydrogen) atoms. The van der Waals surface area contributed by atoms with Crippen LogP contribution in [0.3, 0.4) is 0 Å². The van der Waals surface area contributed by atoms with Gasteiger partial charge in [-0.3, -0.25) is 0 Å². The molecule has 8 heteroatoms. The van der Waals surface area contributed by atoms with Gasteiger partial charge in [-0.1, -0.05) is 22.7 Å². The number of halogens is 3. The van der Waals surface area contributed by atoms with E-state index in [2.05, 4.69) is 19.6 Å². The van der Waals surface area contributed by atoms with Crippen LogP contribution >= 0.6 is 11.5 Å². The lowest BCUT2D eigenvalue weighted by atomic mass is 10.2. The number of benzene rings is 1. The molecule has 0 fully saturated rings. The molecule has 1 heterocycles. The second kappa shape index (κ2) is 5.21. The highest BCUT2D eigenvalue weighted by Gasteiger charge is 2.31. The third-order valence-electron chi connectivity index (χ3n) is 2.01. The summed E-state index contributed by atoms with van der Waals surface area (Å²) in [5.74, 6) is -0.213. The monoisotopic (exact) mass is 275 g/mol. The number of ether oxygens (including phenoxy) is 1. The molecule has 1 N–H and O–H groups in total. The molecule has 0 spiro atoms. The van der Waals surface area contributed by atoms with Gasteiger partial charge in [0.05, 0.1) is 6.20 Å². The summed E-state index contributed by atoms with van der Waals surface area (Å²) < 4.78 is 44.1. The second-order valence-corrected chi connectivity index (χ2v) is 4.08. The molecule has 2 aromatic rings. The minimum Gasteiger partial charge on any atom is -0.405 e. The maximum Gasteiger partial charge on any atom is 0.573 e. The number of rotatable bonds is 4. The van der Waals surface area contributed by atoms with Crippen molar-refractivity contribution in [2.75, 3.05) is 5.32 Å². The van der Waals surface area contributed by atoms with Gasteiger partial charge in [0, 0.05) is 23.6 Å². The van der Waals surface area contributed by atoms with Gasteiger partial charge in [0.15, 0.2) is 0 Å². The third-order valence-corrected chi connectivity index (χ3v) is 2.64. The lowest BCUT2D eigenvalue weighted by Crippen LogP contribution is -2.18. The van der Waals surface area contributed by atoms with Crippen LogP contribution in [-0.4, -0.2) is 15.9 Å². The third kappa shape index (κ3) is 3.59. The number of nitrogens with zero attached hydrogens (tertiary/aromatic N) is 2. The van der Waals surface area contributed by atoms with Crippen LogP contribution in [0.25, 0.3) is 0 Å². The minimum atomic E-state index is -4.69. The number of hydrogen-bond donors (Lipinski definition) is 1. The van der Waals surface area contributed by atoms with E-state index in [1.807, 2.05) is 0 Å². The first-order valence-corrected chi connectivity index (χ1v) is 5.67. The van der Waals surface area contributed by atoms with Crippen molar-refractivity contribution in [2.24, 2.45) is 0 Å². The first-order valence-electron chi connectivity index (χ1n) is 4.89. The van der Waals surface area contributed by atoms with Crippen molar-refractivity contribution in [1.29, 1.82) is 0 Å². The molecule has 0 saturated carbocycles. The van der Waals surface area contributed by atoms with E-state index in [1.165, 1.54) is 18.3 Å². The first kappa shape index (κ1) is 12.6. The zero-order valence-corrected chi connectivity index (χ0v) is 9.76. The Morgan fingerprint density at radius 2 is 2.06 bits per heavy atom. The van der Waals surface area contributed by atoms with Gasteiger partial charge in [-0.15, -0.1) is 18.3 Å². The van der Waals surface area contributed by atoms with Crippen LogP contribution in [0.2, 0.25) is 0 Å². The second-order valence-electron chi connectivity index (χ2n) is 3.29. The van der Waals surface area contributed by atoms with Crippen molar-refractivity contribution in [3.63, 3.8) is 0 Å². The van der Waals surface area contributed by atoms with Crippen molar-refractivity contribution in [3.05, 3.63) is 36.0 Å². The number of hydrogen-bond acceptors (Lipinski definition) is 5. The summed E-state index contributed by atoms with van der Waals surface area (Å²) in [5.41, 5.74) is 0.406. The fourth-order valence-corrected chi connectivity index (χ4v) is 1.71. The van der Waals surface area contributed by atoms with Crippen molar-refractivity contribution >= 4 is 16.5 Å². The Balaban J connectivity index is 2.07. The lowest BCUT2D eigenvalue weighted by molar-refractivity contribution is -0.274. The number of anilines is 1. The summed E-state index contributed by atoms with van der Waals surface area (Å²) in [6.07, 6.45) is -3.19. The molecule has 1 aromatic heterocycles. The molecule has 0 amide bonds. The predicted molar refractivity (Wildman–Crippen MR) is 60.4 cm³/mol. The molecular formula is C10H8F3N3OS. The lowest BCUT2D eigenvalue weighted by Gasteiger charge is -2.13. The summed E-state index contributed by atoms with van der Waals surface area (Å²) >= 11 is 1.13. The van der Waals surface area contributed by atoms with Crippen LogP contribution in [0.1, 0.15) is 5.56 Å². The van der Waals surface area contributed by atoms with Gasteiger partial charge in [0.1, 0.15) is 10.8 Å². The molecule has 1 aromatic carbocycles. The van der Waals surface area contributed by atoms with Crippen molar-refractivity contribution in [2.45, 2.75) is 12.9 Å². The Hall–Kier alpha value is -1.83. The summed E-state index contributed by atoms with van der Waals surface area (Å²) in [4.78, 5) is 0.